The Labute approximate surface area is 96.2 Å². The number of anilines is 1. The van der Waals surface area contributed by atoms with Crippen LogP contribution in [-0.4, -0.2) is 36.0 Å². The summed E-state index contributed by atoms with van der Waals surface area (Å²) >= 11 is 0. The third kappa shape index (κ3) is 2.96. The Morgan fingerprint density at radius 3 is 2.62 bits per heavy atom. The molecular weight excluding hydrogens is 228 g/mol. The number of hydrogen-bond donors (Lipinski definition) is 2. The lowest BCUT2D eigenvalue weighted by Gasteiger charge is -2.20. The largest absolute Gasteiger partial charge is 0.302 e. The summed E-state index contributed by atoms with van der Waals surface area (Å²) < 4.78 is 27.3. The van der Waals surface area contributed by atoms with Crippen molar-refractivity contribution in [3.8, 4) is 0 Å². The van der Waals surface area contributed by atoms with Crippen molar-refractivity contribution >= 4 is 16.0 Å². The van der Waals surface area contributed by atoms with E-state index in [1.807, 2.05) is 6.92 Å². The molecule has 7 heteroatoms. The van der Waals surface area contributed by atoms with Gasteiger partial charge in [0.1, 0.15) is 0 Å². The van der Waals surface area contributed by atoms with Gasteiger partial charge in [-0.2, -0.15) is 17.8 Å². The molecule has 1 heterocycles. The van der Waals surface area contributed by atoms with Gasteiger partial charge in [0.05, 0.1) is 0 Å². The van der Waals surface area contributed by atoms with E-state index in [0.717, 1.165) is 12.1 Å². The van der Waals surface area contributed by atoms with Gasteiger partial charge in [-0.1, -0.05) is 6.92 Å². The minimum Gasteiger partial charge on any atom is -0.280 e. The second-order valence-electron chi connectivity index (χ2n) is 3.85. The molecule has 0 bridgehead atoms. The van der Waals surface area contributed by atoms with E-state index in [2.05, 4.69) is 14.9 Å². The maximum atomic E-state index is 11.8. The number of aryl methyl sites for hydroxylation is 1. The lowest BCUT2D eigenvalue weighted by atomic mass is 10.3. The van der Waals surface area contributed by atoms with Crippen LogP contribution in [0.15, 0.2) is 6.07 Å². The number of nitrogens with zero attached hydrogens (tertiary/aromatic N) is 2. The number of hydrogen-bond acceptors (Lipinski definition) is 3. The van der Waals surface area contributed by atoms with Crippen molar-refractivity contribution in [1.29, 1.82) is 0 Å². The number of aromatic amines is 1. The summed E-state index contributed by atoms with van der Waals surface area (Å²) in [4.78, 5) is 0. The van der Waals surface area contributed by atoms with Crippen molar-refractivity contribution in [3.05, 3.63) is 11.8 Å². The molecule has 0 saturated carbocycles. The molecule has 0 atom stereocenters. The van der Waals surface area contributed by atoms with Crippen LogP contribution in [0.3, 0.4) is 0 Å². The van der Waals surface area contributed by atoms with E-state index in [9.17, 15) is 8.42 Å². The quantitative estimate of drug-likeness (QED) is 0.812. The molecule has 0 fully saturated rings. The van der Waals surface area contributed by atoms with Crippen molar-refractivity contribution in [2.75, 3.05) is 11.8 Å². The smallest absolute Gasteiger partial charge is 0.280 e. The van der Waals surface area contributed by atoms with Gasteiger partial charge in [-0.15, -0.1) is 0 Å². The van der Waals surface area contributed by atoms with E-state index < -0.39 is 10.2 Å². The highest BCUT2D eigenvalue weighted by molar-refractivity contribution is 7.90. The number of H-pyrrole nitrogens is 1. The highest BCUT2D eigenvalue weighted by Crippen LogP contribution is 2.11. The fraction of sp³-hybridized carbons (Fsp3) is 0.667. The molecule has 0 aliphatic rings. The fourth-order valence-electron chi connectivity index (χ4n) is 1.08. The van der Waals surface area contributed by atoms with Gasteiger partial charge in [0.15, 0.2) is 5.82 Å². The molecule has 6 nitrogen and oxygen atoms in total. The second kappa shape index (κ2) is 4.84. The Morgan fingerprint density at radius 1 is 1.56 bits per heavy atom. The predicted molar refractivity (Wildman–Crippen MR) is 63.4 cm³/mol. The van der Waals surface area contributed by atoms with E-state index >= 15 is 0 Å². The molecule has 0 saturated heterocycles. The number of nitrogens with one attached hydrogen (secondary N) is 2. The summed E-state index contributed by atoms with van der Waals surface area (Å²) in [5, 5.41) is 6.62. The lowest BCUT2D eigenvalue weighted by Crippen LogP contribution is -2.37. The maximum Gasteiger partial charge on any atom is 0.302 e. The van der Waals surface area contributed by atoms with Gasteiger partial charge in [-0.05, 0) is 20.3 Å². The Bertz CT molecular complexity index is 438. The highest BCUT2D eigenvalue weighted by atomic mass is 32.2. The average Bonchev–Trinajstić information content (AvgIpc) is 2.63. The number of aromatic nitrogens is 2. The molecule has 1 aromatic rings. The fourth-order valence-corrected chi connectivity index (χ4v) is 2.14. The second-order valence-corrected chi connectivity index (χ2v) is 5.58. The van der Waals surface area contributed by atoms with Crippen LogP contribution < -0.4 is 4.72 Å². The van der Waals surface area contributed by atoms with Crippen LogP contribution in [0.25, 0.3) is 0 Å². The summed E-state index contributed by atoms with van der Waals surface area (Å²) in [6, 6.07) is 1.59. The predicted octanol–water partition coefficient (Wildman–Crippen LogP) is 0.969. The normalized spacial score (nSPS) is 12.4. The van der Waals surface area contributed by atoms with Crippen LogP contribution in [0.5, 0.6) is 0 Å². The Balaban J connectivity index is 2.80. The maximum absolute atomic E-state index is 11.8. The zero-order chi connectivity index (χ0) is 12.3. The van der Waals surface area contributed by atoms with Gasteiger partial charge in [0.25, 0.3) is 0 Å². The minimum atomic E-state index is -3.51. The Hall–Kier alpha value is -1.08. The minimum absolute atomic E-state index is 0.0953. The molecule has 0 aliphatic heterocycles. The first-order valence-electron chi connectivity index (χ1n) is 5.17. The third-order valence-corrected chi connectivity index (χ3v) is 4.00. The Morgan fingerprint density at radius 2 is 2.19 bits per heavy atom. The van der Waals surface area contributed by atoms with Crippen molar-refractivity contribution in [2.24, 2.45) is 0 Å². The molecule has 0 amide bonds. The van der Waals surface area contributed by atoms with E-state index in [0.29, 0.717) is 5.82 Å². The van der Waals surface area contributed by atoms with Gasteiger partial charge in [-0.3, -0.25) is 9.82 Å². The highest BCUT2D eigenvalue weighted by Gasteiger charge is 2.21. The van der Waals surface area contributed by atoms with Crippen LogP contribution in [0.4, 0.5) is 5.82 Å². The standard InChI is InChI=1S/C9H18N4O2S/c1-5-8-6-9(11-10-8)12-16(14,15)13(4)7(2)3/h6-7H,5H2,1-4H3,(H2,10,11,12). The summed E-state index contributed by atoms with van der Waals surface area (Å²) in [5.41, 5.74) is 0.893. The van der Waals surface area contributed by atoms with Crippen molar-refractivity contribution in [1.82, 2.24) is 14.5 Å². The van der Waals surface area contributed by atoms with Crippen molar-refractivity contribution in [3.63, 3.8) is 0 Å². The summed E-state index contributed by atoms with van der Waals surface area (Å²) in [5.74, 6) is 0.323. The Kier molecular flexibility index (Phi) is 3.93. The average molecular weight is 246 g/mol. The number of rotatable bonds is 5. The molecule has 1 rings (SSSR count). The van der Waals surface area contributed by atoms with Gasteiger partial charge in [-0.25, -0.2) is 0 Å². The molecule has 92 valence electrons. The molecular formula is C9H18N4O2S. The zero-order valence-electron chi connectivity index (χ0n) is 9.98. The topological polar surface area (TPSA) is 78.1 Å². The van der Waals surface area contributed by atoms with Gasteiger partial charge < -0.3 is 0 Å². The van der Waals surface area contributed by atoms with Crippen LogP contribution in [0.1, 0.15) is 26.5 Å². The molecule has 0 spiro atoms. The molecule has 16 heavy (non-hydrogen) atoms. The summed E-state index contributed by atoms with van der Waals surface area (Å²) in [6.07, 6.45) is 0.786. The molecule has 0 aromatic carbocycles. The molecule has 2 N–H and O–H groups in total. The summed E-state index contributed by atoms with van der Waals surface area (Å²) in [6.45, 7) is 5.58. The first kappa shape index (κ1) is 13.0. The van der Waals surface area contributed by atoms with E-state index in [4.69, 9.17) is 0 Å². The summed E-state index contributed by atoms with van der Waals surface area (Å²) in [7, 11) is -1.98. The SMILES string of the molecule is CCc1cc(NS(=O)(=O)N(C)C(C)C)n[nH]1. The van der Waals surface area contributed by atoms with E-state index in [1.54, 1.807) is 19.9 Å². The van der Waals surface area contributed by atoms with Gasteiger partial charge >= 0.3 is 10.2 Å². The van der Waals surface area contributed by atoms with Gasteiger partial charge in [0, 0.05) is 24.8 Å². The van der Waals surface area contributed by atoms with Crippen LogP contribution >= 0.6 is 0 Å². The van der Waals surface area contributed by atoms with Crippen molar-refractivity contribution < 1.29 is 8.42 Å². The molecule has 0 radical (unpaired) electrons. The van der Waals surface area contributed by atoms with Crippen LogP contribution in [0.2, 0.25) is 0 Å². The lowest BCUT2D eigenvalue weighted by molar-refractivity contribution is 0.414. The van der Waals surface area contributed by atoms with Gasteiger partial charge in [0.2, 0.25) is 0 Å². The zero-order valence-corrected chi connectivity index (χ0v) is 10.8. The van der Waals surface area contributed by atoms with E-state index in [1.165, 1.54) is 11.4 Å². The first-order chi connectivity index (χ1) is 7.36. The first-order valence-corrected chi connectivity index (χ1v) is 6.61. The monoisotopic (exact) mass is 246 g/mol. The van der Waals surface area contributed by atoms with Crippen molar-refractivity contribution in [2.45, 2.75) is 33.2 Å². The van der Waals surface area contributed by atoms with Crippen LogP contribution in [-0.2, 0) is 16.6 Å². The van der Waals surface area contributed by atoms with E-state index in [-0.39, 0.29) is 6.04 Å². The van der Waals surface area contributed by atoms with Crippen LogP contribution in [0, 0.1) is 0 Å². The molecule has 0 aliphatic carbocycles. The molecule has 1 aromatic heterocycles. The molecule has 0 unspecified atom stereocenters. The third-order valence-electron chi connectivity index (χ3n) is 2.35.